The summed E-state index contributed by atoms with van der Waals surface area (Å²) in [6.45, 7) is 4.00. The molecule has 0 aliphatic rings. The number of carbonyl (C=O) groups is 1. The summed E-state index contributed by atoms with van der Waals surface area (Å²) in [6, 6.07) is 3.73. The highest BCUT2D eigenvalue weighted by Gasteiger charge is 2.19. The van der Waals surface area contributed by atoms with E-state index in [2.05, 4.69) is 15.9 Å². The Hall–Kier alpha value is -0.870. The molecular weight excluding hydrogens is 258 g/mol. The smallest absolute Gasteiger partial charge is 0.312 e. The summed E-state index contributed by atoms with van der Waals surface area (Å²) in [7, 11) is 0. The third kappa shape index (κ3) is 2.58. The van der Waals surface area contributed by atoms with Crippen molar-refractivity contribution in [3.8, 4) is 0 Å². The van der Waals surface area contributed by atoms with Crippen molar-refractivity contribution in [2.75, 3.05) is 6.54 Å². The van der Waals surface area contributed by atoms with Gasteiger partial charge >= 0.3 is 5.97 Å². The van der Waals surface area contributed by atoms with E-state index in [1.54, 1.807) is 0 Å². The monoisotopic (exact) mass is 271 g/mol. The van der Waals surface area contributed by atoms with Crippen LogP contribution >= 0.6 is 15.9 Å². The summed E-state index contributed by atoms with van der Waals surface area (Å²) >= 11 is 3.44. The van der Waals surface area contributed by atoms with Crippen LogP contribution in [0.5, 0.6) is 0 Å². The first kappa shape index (κ1) is 12.2. The largest absolute Gasteiger partial charge is 0.481 e. The van der Waals surface area contributed by atoms with E-state index in [4.69, 9.17) is 10.8 Å². The van der Waals surface area contributed by atoms with Crippen LogP contribution < -0.4 is 5.73 Å². The Kier molecular flexibility index (Phi) is 3.88. The molecule has 0 bridgehead atoms. The molecule has 0 aliphatic carbocycles. The molecule has 0 aliphatic heterocycles. The minimum absolute atomic E-state index is 0.121. The Balaban J connectivity index is 3.20. The number of aryl methyl sites for hydroxylation is 2. The predicted octanol–water partition coefficient (Wildman–Crippen LogP) is 2.19. The summed E-state index contributed by atoms with van der Waals surface area (Å²) in [6.07, 6.45) is 0. The van der Waals surface area contributed by atoms with Gasteiger partial charge in [0.15, 0.2) is 0 Å². The van der Waals surface area contributed by atoms with Crippen LogP contribution in [-0.2, 0) is 4.79 Å². The van der Waals surface area contributed by atoms with Gasteiger partial charge in [-0.3, -0.25) is 4.79 Å². The van der Waals surface area contributed by atoms with Crippen molar-refractivity contribution in [3.63, 3.8) is 0 Å². The Morgan fingerprint density at radius 1 is 1.47 bits per heavy atom. The maximum Gasteiger partial charge on any atom is 0.312 e. The lowest BCUT2D eigenvalue weighted by Gasteiger charge is -2.13. The van der Waals surface area contributed by atoms with Crippen LogP contribution in [0.1, 0.15) is 22.6 Å². The van der Waals surface area contributed by atoms with Crippen LogP contribution in [0.4, 0.5) is 0 Å². The minimum atomic E-state index is -0.876. The van der Waals surface area contributed by atoms with E-state index in [0.29, 0.717) is 0 Å². The van der Waals surface area contributed by atoms with Crippen LogP contribution in [0.25, 0.3) is 0 Å². The number of hydrogen-bond donors (Lipinski definition) is 2. The van der Waals surface area contributed by atoms with Crippen LogP contribution in [0.3, 0.4) is 0 Å². The molecule has 0 radical (unpaired) electrons. The van der Waals surface area contributed by atoms with Gasteiger partial charge in [-0.1, -0.05) is 28.1 Å². The quantitative estimate of drug-likeness (QED) is 0.886. The molecule has 1 rings (SSSR count). The lowest BCUT2D eigenvalue weighted by atomic mass is 9.96. The van der Waals surface area contributed by atoms with Crippen molar-refractivity contribution in [1.29, 1.82) is 0 Å². The molecule has 0 amide bonds. The number of halogens is 1. The van der Waals surface area contributed by atoms with E-state index in [1.807, 2.05) is 26.0 Å². The first-order valence-electron chi connectivity index (χ1n) is 4.67. The van der Waals surface area contributed by atoms with Gasteiger partial charge in [0.05, 0.1) is 5.92 Å². The van der Waals surface area contributed by atoms with Gasteiger partial charge in [-0.05, 0) is 30.5 Å². The van der Waals surface area contributed by atoms with E-state index >= 15 is 0 Å². The molecule has 0 saturated heterocycles. The molecule has 1 atom stereocenters. The van der Waals surface area contributed by atoms with E-state index in [0.717, 1.165) is 21.2 Å². The average molecular weight is 272 g/mol. The molecule has 15 heavy (non-hydrogen) atoms. The van der Waals surface area contributed by atoms with Gasteiger partial charge in [0.2, 0.25) is 0 Å². The molecule has 0 saturated carbocycles. The van der Waals surface area contributed by atoms with Crippen molar-refractivity contribution in [2.45, 2.75) is 19.8 Å². The Bertz CT molecular complexity index is 367. The minimum Gasteiger partial charge on any atom is -0.481 e. The fraction of sp³-hybridized carbons (Fsp3) is 0.364. The number of benzene rings is 1. The average Bonchev–Trinajstić information content (AvgIpc) is 2.14. The maximum atomic E-state index is 10.9. The number of carboxylic acids is 1. The Labute approximate surface area is 97.4 Å². The van der Waals surface area contributed by atoms with Gasteiger partial charge < -0.3 is 10.8 Å². The lowest BCUT2D eigenvalue weighted by molar-refractivity contribution is -0.138. The molecule has 0 fully saturated rings. The molecule has 0 heterocycles. The highest BCUT2D eigenvalue weighted by atomic mass is 79.9. The highest BCUT2D eigenvalue weighted by molar-refractivity contribution is 9.10. The third-order valence-electron chi connectivity index (χ3n) is 2.39. The molecule has 1 aromatic carbocycles. The Morgan fingerprint density at radius 3 is 2.27 bits per heavy atom. The van der Waals surface area contributed by atoms with Crippen molar-refractivity contribution < 1.29 is 9.90 Å². The third-order valence-corrected chi connectivity index (χ3v) is 3.65. The first-order valence-corrected chi connectivity index (χ1v) is 5.46. The zero-order valence-electron chi connectivity index (χ0n) is 8.75. The molecule has 1 unspecified atom stereocenters. The lowest BCUT2D eigenvalue weighted by Crippen LogP contribution is -2.21. The van der Waals surface area contributed by atoms with Crippen molar-refractivity contribution in [2.24, 2.45) is 5.73 Å². The van der Waals surface area contributed by atoms with Crippen molar-refractivity contribution in [1.82, 2.24) is 0 Å². The van der Waals surface area contributed by atoms with Crippen LogP contribution in [0.15, 0.2) is 16.6 Å². The van der Waals surface area contributed by atoms with Crippen molar-refractivity contribution in [3.05, 3.63) is 33.3 Å². The fourth-order valence-electron chi connectivity index (χ4n) is 1.56. The van der Waals surface area contributed by atoms with Gasteiger partial charge in [-0.25, -0.2) is 0 Å². The number of rotatable bonds is 3. The summed E-state index contributed by atoms with van der Waals surface area (Å²) < 4.78 is 1.02. The molecular formula is C11H14BrNO2. The topological polar surface area (TPSA) is 63.3 Å². The highest BCUT2D eigenvalue weighted by Crippen LogP contribution is 2.26. The second-order valence-corrected chi connectivity index (χ2v) is 4.39. The molecule has 82 valence electrons. The molecule has 4 heteroatoms. The van der Waals surface area contributed by atoms with Gasteiger partial charge in [-0.2, -0.15) is 0 Å². The van der Waals surface area contributed by atoms with Crippen LogP contribution in [0.2, 0.25) is 0 Å². The predicted molar refractivity (Wildman–Crippen MR) is 63.0 cm³/mol. The molecule has 3 nitrogen and oxygen atoms in total. The molecule has 3 N–H and O–H groups in total. The summed E-state index contributed by atoms with van der Waals surface area (Å²) in [5, 5.41) is 8.99. The normalized spacial score (nSPS) is 12.5. The summed E-state index contributed by atoms with van der Waals surface area (Å²) in [5.41, 5.74) is 8.28. The Morgan fingerprint density at radius 2 is 1.93 bits per heavy atom. The first-order chi connectivity index (χ1) is 6.97. The number of carboxylic acid groups (broad SMARTS) is 1. The zero-order chi connectivity index (χ0) is 11.6. The maximum absolute atomic E-state index is 10.9. The van der Waals surface area contributed by atoms with E-state index in [1.165, 1.54) is 0 Å². The van der Waals surface area contributed by atoms with Crippen LogP contribution in [0, 0.1) is 13.8 Å². The SMILES string of the molecule is Cc1cc(C(CN)C(=O)O)cc(C)c1Br. The number of hydrogen-bond acceptors (Lipinski definition) is 2. The van der Waals surface area contributed by atoms with E-state index < -0.39 is 11.9 Å². The zero-order valence-corrected chi connectivity index (χ0v) is 10.3. The molecule has 1 aromatic rings. The van der Waals surface area contributed by atoms with E-state index in [9.17, 15) is 4.79 Å². The summed E-state index contributed by atoms with van der Waals surface area (Å²) in [5.74, 6) is -1.49. The number of aliphatic carboxylic acids is 1. The molecule has 0 spiro atoms. The van der Waals surface area contributed by atoms with Crippen molar-refractivity contribution >= 4 is 21.9 Å². The van der Waals surface area contributed by atoms with Gasteiger partial charge in [0.25, 0.3) is 0 Å². The standard InChI is InChI=1S/C11H14BrNO2/c1-6-3-8(4-7(2)10(6)12)9(5-13)11(14)15/h3-4,9H,5,13H2,1-2H3,(H,14,15). The van der Waals surface area contributed by atoms with Gasteiger partial charge in [0, 0.05) is 11.0 Å². The fourth-order valence-corrected chi connectivity index (χ4v) is 1.79. The summed E-state index contributed by atoms with van der Waals surface area (Å²) in [4.78, 5) is 10.9. The van der Waals surface area contributed by atoms with Gasteiger partial charge in [0.1, 0.15) is 0 Å². The van der Waals surface area contributed by atoms with Crippen LogP contribution in [-0.4, -0.2) is 17.6 Å². The second-order valence-electron chi connectivity index (χ2n) is 3.60. The molecule has 0 aromatic heterocycles. The van der Waals surface area contributed by atoms with Gasteiger partial charge in [-0.15, -0.1) is 0 Å². The van der Waals surface area contributed by atoms with E-state index in [-0.39, 0.29) is 6.54 Å². The second kappa shape index (κ2) is 4.77. The number of nitrogens with two attached hydrogens (primary N) is 1.